The summed E-state index contributed by atoms with van der Waals surface area (Å²) >= 11 is 13.4. The Labute approximate surface area is 129 Å². The maximum Gasteiger partial charge on any atom is 0.150 e. The van der Waals surface area contributed by atoms with Crippen LogP contribution < -0.4 is 0 Å². The smallest absolute Gasteiger partial charge is 0.150 e. The minimum atomic E-state index is -2.89. The van der Waals surface area contributed by atoms with E-state index in [1.54, 1.807) is 0 Å². The Hall–Kier alpha value is 0.420. The fourth-order valence-corrected chi connectivity index (χ4v) is 5.72. The zero-order valence-corrected chi connectivity index (χ0v) is 14.5. The van der Waals surface area contributed by atoms with E-state index in [0.717, 1.165) is 20.1 Å². The van der Waals surface area contributed by atoms with Crippen molar-refractivity contribution in [2.45, 2.75) is 18.7 Å². The summed E-state index contributed by atoms with van der Waals surface area (Å²) in [5.74, 6) is 0.451. The highest BCUT2D eigenvalue weighted by molar-refractivity contribution is 9.11. The molecule has 0 N–H and O–H groups in total. The van der Waals surface area contributed by atoms with Crippen LogP contribution in [0.5, 0.6) is 0 Å². The first-order chi connectivity index (χ1) is 8.30. The first-order valence-corrected chi connectivity index (χ1v) is 9.44. The SMILES string of the molecule is Cc1cc(Br)c(C(Cl)C2CCS(=O)(=O)C2)cc1Br. The van der Waals surface area contributed by atoms with Gasteiger partial charge in [-0.2, -0.15) is 0 Å². The molecule has 2 atom stereocenters. The molecule has 0 amide bonds. The normalized spacial score (nSPS) is 24.1. The molecular weight excluding hydrogens is 403 g/mol. The highest BCUT2D eigenvalue weighted by Gasteiger charge is 2.34. The Morgan fingerprint density at radius 3 is 2.56 bits per heavy atom. The van der Waals surface area contributed by atoms with Crippen LogP contribution in [0.25, 0.3) is 0 Å². The van der Waals surface area contributed by atoms with Crippen molar-refractivity contribution in [3.05, 3.63) is 32.2 Å². The molecule has 2 rings (SSSR count). The minimum absolute atomic E-state index is 0.00238. The summed E-state index contributed by atoms with van der Waals surface area (Å²) in [6.07, 6.45) is 0.647. The lowest BCUT2D eigenvalue weighted by atomic mass is 9.97. The minimum Gasteiger partial charge on any atom is -0.229 e. The van der Waals surface area contributed by atoms with Crippen molar-refractivity contribution in [3.63, 3.8) is 0 Å². The summed E-state index contributed by atoms with van der Waals surface area (Å²) < 4.78 is 24.9. The fourth-order valence-electron chi connectivity index (χ4n) is 2.18. The van der Waals surface area contributed by atoms with Crippen LogP contribution in [-0.4, -0.2) is 19.9 Å². The van der Waals surface area contributed by atoms with Crippen LogP contribution in [0.15, 0.2) is 21.1 Å². The second kappa shape index (κ2) is 5.43. The Bertz CT molecular complexity index is 572. The number of hydrogen-bond donors (Lipinski definition) is 0. The van der Waals surface area contributed by atoms with Gasteiger partial charge in [0.1, 0.15) is 0 Å². The number of rotatable bonds is 2. The molecule has 1 fully saturated rings. The molecule has 0 spiro atoms. The van der Waals surface area contributed by atoms with Crippen molar-refractivity contribution in [2.24, 2.45) is 5.92 Å². The van der Waals surface area contributed by atoms with Gasteiger partial charge in [-0.15, -0.1) is 11.6 Å². The van der Waals surface area contributed by atoms with Gasteiger partial charge >= 0.3 is 0 Å². The molecule has 100 valence electrons. The quantitative estimate of drug-likeness (QED) is 0.676. The van der Waals surface area contributed by atoms with E-state index >= 15 is 0 Å². The third kappa shape index (κ3) is 3.11. The first-order valence-electron chi connectivity index (χ1n) is 5.60. The average molecular weight is 417 g/mol. The molecule has 0 aromatic heterocycles. The Kier molecular flexibility index (Phi) is 4.47. The average Bonchev–Trinajstić information content (AvgIpc) is 2.63. The third-order valence-corrected chi connectivity index (χ3v) is 7.18. The van der Waals surface area contributed by atoms with Crippen molar-refractivity contribution in [2.75, 3.05) is 11.5 Å². The molecule has 1 aliphatic heterocycles. The molecule has 1 saturated heterocycles. The number of hydrogen-bond acceptors (Lipinski definition) is 2. The van der Waals surface area contributed by atoms with Crippen LogP contribution in [0.1, 0.15) is 22.9 Å². The molecule has 1 aromatic rings. The van der Waals surface area contributed by atoms with Crippen LogP contribution in [0.3, 0.4) is 0 Å². The molecule has 0 aliphatic carbocycles. The summed E-state index contributed by atoms with van der Waals surface area (Å²) in [7, 11) is -2.89. The summed E-state index contributed by atoms with van der Waals surface area (Å²) in [6, 6.07) is 3.97. The molecular formula is C12H13Br2ClO2S. The Morgan fingerprint density at radius 1 is 1.33 bits per heavy atom. The van der Waals surface area contributed by atoms with E-state index in [-0.39, 0.29) is 22.8 Å². The van der Waals surface area contributed by atoms with E-state index in [2.05, 4.69) is 31.9 Å². The van der Waals surface area contributed by atoms with Gasteiger partial charge in [0, 0.05) is 8.95 Å². The van der Waals surface area contributed by atoms with E-state index < -0.39 is 9.84 Å². The van der Waals surface area contributed by atoms with Gasteiger partial charge < -0.3 is 0 Å². The van der Waals surface area contributed by atoms with Crippen molar-refractivity contribution in [1.29, 1.82) is 0 Å². The molecule has 1 aliphatic rings. The van der Waals surface area contributed by atoms with Crippen LogP contribution >= 0.6 is 43.5 Å². The lowest BCUT2D eigenvalue weighted by Crippen LogP contribution is -2.11. The summed E-state index contributed by atoms with van der Waals surface area (Å²) in [5, 5.41) is -0.270. The Balaban J connectivity index is 2.30. The van der Waals surface area contributed by atoms with Crippen LogP contribution in [0, 0.1) is 12.8 Å². The molecule has 2 nitrogen and oxygen atoms in total. The molecule has 0 radical (unpaired) electrons. The second-order valence-corrected chi connectivity index (χ2v) is 9.10. The largest absolute Gasteiger partial charge is 0.229 e. The molecule has 1 aromatic carbocycles. The van der Waals surface area contributed by atoms with E-state index in [4.69, 9.17) is 11.6 Å². The second-order valence-electron chi connectivity index (χ2n) is 4.69. The monoisotopic (exact) mass is 414 g/mol. The lowest BCUT2D eigenvalue weighted by molar-refractivity contribution is 0.567. The maximum atomic E-state index is 11.5. The predicted octanol–water partition coefficient (Wildman–Crippen LogP) is 4.23. The summed E-state index contributed by atoms with van der Waals surface area (Å²) in [5.41, 5.74) is 2.07. The number of alkyl halides is 1. The van der Waals surface area contributed by atoms with Gasteiger partial charge in [-0.3, -0.25) is 0 Å². The Morgan fingerprint density at radius 2 is 2.00 bits per heavy atom. The van der Waals surface area contributed by atoms with Gasteiger partial charge in [-0.1, -0.05) is 31.9 Å². The van der Waals surface area contributed by atoms with E-state index in [9.17, 15) is 8.42 Å². The summed E-state index contributed by atoms with van der Waals surface area (Å²) in [6.45, 7) is 2.00. The van der Waals surface area contributed by atoms with Crippen LogP contribution in [0.4, 0.5) is 0 Å². The van der Waals surface area contributed by atoms with Gasteiger partial charge in [-0.25, -0.2) is 8.42 Å². The van der Waals surface area contributed by atoms with Crippen molar-refractivity contribution in [3.8, 4) is 0 Å². The molecule has 0 bridgehead atoms. The molecule has 2 unspecified atom stereocenters. The predicted molar refractivity (Wildman–Crippen MR) is 81.9 cm³/mol. The van der Waals surface area contributed by atoms with Gasteiger partial charge in [0.2, 0.25) is 0 Å². The molecule has 18 heavy (non-hydrogen) atoms. The van der Waals surface area contributed by atoms with Gasteiger partial charge in [0.25, 0.3) is 0 Å². The van der Waals surface area contributed by atoms with Crippen LogP contribution in [0.2, 0.25) is 0 Å². The van der Waals surface area contributed by atoms with E-state index in [1.165, 1.54) is 0 Å². The van der Waals surface area contributed by atoms with Crippen molar-refractivity contribution < 1.29 is 8.42 Å². The van der Waals surface area contributed by atoms with Gasteiger partial charge in [-0.05, 0) is 42.5 Å². The first kappa shape index (κ1) is 14.8. The van der Waals surface area contributed by atoms with E-state index in [1.807, 2.05) is 19.1 Å². The van der Waals surface area contributed by atoms with Crippen molar-refractivity contribution >= 4 is 53.3 Å². The number of benzene rings is 1. The van der Waals surface area contributed by atoms with Gasteiger partial charge in [0.05, 0.1) is 16.9 Å². The van der Waals surface area contributed by atoms with E-state index in [0.29, 0.717) is 6.42 Å². The highest BCUT2D eigenvalue weighted by atomic mass is 79.9. The zero-order chi connectivity index (χ0) is 13.5. The number of sulfone groups is 1. The third-order valence-electron chi connectivity index (χ3n) is 3.26. The number of halogens is 3. The van der Waals surface area contributed by atoms with Crippen molar-refractivity contribution in [1.82, 2.24) is 0 Å². The zero-order valence-electron chi connectivity index (χ0n) is 9.79. The highest BCUT2D eigenvalue weighted by Crippen LogP contribution is 2.41. The topological polar surface area (TPSA) is 34.1 Å². The molecule has 6 heteroatoms. The fraction of sp³-hybridized carbons (Fsp3) is 0.500. The molecule has 1 heterocycles. The van der Waals surface area contributed by atoms with Gasteiger partial charge in [0.15, 0.2) is 9.84 Å². The summed E-state index contributed by atoms with van der Waals surface area (Å²) in [4.78, 5) is 0. The number of aryl methyl sites for hydroxylation is 1. The standard InChI is InChI=1S/C12H13Br2ClO2S/c1-7-4-11(14)9(5-10(7)13)12(15)8-2-3-18(16,17)6-8/h4-5,8,12H,2-3,6H2,1H3. The lowest BCUT2D eigenvalue weighted by Gasteiger charge is -2.18. The maximum absolute atomic E-state index is 11.5. The van der Waals surface area contributed by atoms with Crippen LogP contribution in [-0.2, 0) is 9.84 Å². The molecule has 0 saturated carbocycles.